The first kappa shape index (κ1) is 76.7. The Labute approximate surface area is 382 Å². The van der Waals surface area contributed by atoms with E-state index in [1.54, 1.807) is 73.8 Å². The summed E-state index contributed by atoms with van der Waals surface area (Å²) in [4.78, 5) is 41.0. The monoisotopic (exact) mass is 879 g/mol. The van der Waals surface area contributed by atoms with Crippen molar-refractivity contribution < 1.29 is 8.81 Å². The van der Waals surface area contributed by atoms with Crippen molar-refractivity contribution in [3.8, 4) is 0 Å². The van der Waals surface area contributed by atoms with Crippen LogP contribution in [0.4, 0.5) is 4.39 Å². The van der Waals surface area contributed by atoms with Gasteiger partial charge in [-0.25, -0.2) is 49.2 Å². The van der Waals surface area contributed by atoms with Crippen molar-refractivity contribution in [2.45, 2.75) is 108 Å². The van der Waals surface area contributed by atoms with Gasteiger partial charge in [-0.2, -0.15) is 5.10 Å². The fraction of sp³-hybridized carbons (Fsp3) is 0.362. The molecule has 0 saturated carbocycles. The van der Waals surface area contributed by atoms with E-state index in [1.807, 2.05) is 96.0 Å². The zero-order chi connectivity index (χ0) is 39.7. The van der Waals surface area contributed by atoms with E-state index in [9.17, 15) is 4.39 Å². The lowest BCUT2D eigenvalue weighted by Crippen LogP contribution is -1.86. The zero-order valence-corrected chi connectivity index (χ0v) is 31.8. The van der Waals surface area contributed by atoms with E-state index in [0.717, 1.165) is 23.2 Å². The number of hydrogen-bond donors (Lipinski definition) is 0. The second-order valence-corrected chi connectivity index (χ2v) is 10.7. The first-order valence-corrected chi connectivity index (χ1v) is 16.2. The number of aryl methyl sites for hydroxylation is 8. The van der Waals surface area contributed by atoms with Gasteiger partial charge in [0.25, 0.3) is 0 Å². The molecular weight excluding hydrogens is 796 g/mol. The molecule has 0 unspecified atom stereocenters. The first-order chi connectivity index (χ1) is 26.1. The van der Waals surface area contributed by atoms with Gasteiger partial charge in [-0.15, -0.1) is 0 Å². The summed E-state index contributed by atoms with van der Waals surface area (Å²) in [7, 11) is 3.76. The Balaban J connectivity index is -0.0000000742. The third-order valence-corrected chi connectivity index (χ3v) is 5.65. The van der Waals surface area contributed by atoms with E-state index < -0.39 is 0 Å². The Morgan fingerprint density at radius 3 is 1.29 bits per heavy atom. The van der Waals surface area contributed by atoms with Crippen LogP contribution in [-0.2, 0) is 14.1 Å². The lowest BCUT2D eigenvalue weighted by Gasteiger charge is -1.87. The number of halogens is 1. The summed E-state index contributed by atoms with van der Waals surface area (Å²) >= 11 is 0. The van der Waals surface area contributed by atoms with Crippen LogP contribution in [0.3, 0.4) is 0 Å². The van der Waals surface area contributed by atoms with Gasteiger partial charge < -0.3 is 8.98 Å². The fourth-order valence-corrected chi connectivity index (χ4v) is 2.85. The van der Waals surface area contributed by atoms with Crippen molar-refractivity contribution in [2.75, 3.05) is 0 Å². The largest absolute Gasteiger partial charge is 0.449 e. The quantitative estimate of drug-likeness (QED) is 0.141. The molecule has 354 valence electrons. The minimum Gasteiger partial charge on any atom is -0.449 e. The van der Waals surface area contributed by atoms with Crippen molar-refractivity contribution in [3.63, 3.8) is 0 Å². The summed E-state index contributed by atoms with van der Waals surface area (Å²) in [6.07, 6.45) is 29.6. The minimum absolute atomic E-state index is 0. The van der Waals surface area contributed by atoms with Crippen molar-refractivity contribution >= 4 is 0 Å². The Hall–Kier alpha value is -6.97. The third kappa shape index (κ3) is 47.6. The van der Waals surface area contributed by atoms with Gasteiger partial charge in [-0.1, -0.05) is 72.9 Å². The van der Waals surface area contributed by atoms with Crippen LogP contribution in [0.15, 0.2) is 147 Å². The predicted molar refractivity (Wildman–Crippen MR) is 264 cm³/mol. The molecular formula is C47H83FN14O. The lowest BCUT2D eigenvalue weighted by molar-refractivity contribution is 0.527. The van der Waals surface area contributed by atoms with E-state index in [4.69, 9.17) is 4.42 Å². The van der Waals surface area contributed by atoms with Crippen molar-refractivity contribution in [3.05, 3.63) is 183 Å². The van der Waals surface area contributed by atoms with Gasteiger partial charge in [-0.05, 0) is 82.5 Å². The molecule has 0 saturated heterocycles. The molecule has 0 aromatic carbocycles. The van der Waals surface area contributed by atoms with Gasteiger partial charge in [0, 0.05) is 75.6 Å². The summed E-state index contributed by atoms with van der Waals surface area (Å²) in [6, 6.07) is 9.75. The highest BCUT2D eigenvalue weighted by Gasteiger charge is 1.91. The topological polar surface area (TPSA) is 178 Å². The number of imidazole rings is 1. The van der Waals surface area contributed by atoms with Gasteiger partial charge >= 0.3 is 0 Å². The van der Waals surface area contributed by atoms with Crippen LogP contribution in [0.2, 0.25) is 0 Å². The molecule has 63 heavy (non-hydrogen) atoms. The van der Waals surface area contributed by atoms with Crippen LogP contribution in [0, 0.1) is 47.4 Å². The molecule has 0 aliphatic rings. The fourth-order valence-electron chi connectivity index (χ4n) is 2.85. The van der Waals surface area contributed by atoms with Crippen molar-refractivity contribution in [1.82, 2.24) is 69.2 Å². The number of nitrogens with zero attached hydrogens (tertiary/aromatic N) is 14. The molecule has 15 nitrogen and oxygen atoms in total. The molecule has 16 heteroatoms. The molecule has 0 fully saturated rings. The summed E-state index contributed by atoms with van der Waals surface area (Å²) in [5.74, 6) is 0.502. The Morgan fingerprint density at radius 2 is 1.06 bits per heavy atom. The molecule has 0 bridgehead atoms. The maximum atomic E-state index is 12.2. The predicted octanol–water partition coefficient (Wildman–Crippen LogP) is 12.2. The number of pyridine rings is 2. The molecule has 8 rings (SSSR count). The molecule has 8 heterocycles. The van der Waals surface area contributed by atoms with E-state index in [1.165, 1.54) is 42.8 Å². The zero-order valence-electron chi connectivity index (χ0n) is 31.8. The van der Waals surface area contributed by atoms with Crippen LogP contribution in [-0.4, -0.2) is 69.2 Å². The first-order valence-electron chi connectivity index (χ1n) is 16.2. The molecule has 0 atom stereocenters. The van der Waals surface area contributed by atoms with Crippen molar-refractivity contribution in [1.29, 1.82) is 0 Å². The molecule has 0 spiro atoms. The highest BCUT2D eigenvalue weighted by molar-refractivity contribution is 5.06. The minimum atomic E-state index is -0.354. The van der Waals surface area contributed by atoms with Crippen LogP contribution in [0.5, 0.6) is 0 Å². The van der Waals surface area contributed by atoms with Crippen LogP contribution in [0.25, 0.3) is 0 Å². The number of oxazole rings is 1. The smallest absolute Gasteiger partial charge is 0.180 e. The number of hydrogen-bond acceptors (Lipinski definition) is 13. The maximum absolute atomic E-state index is 12.2. The van der Waals surface area contributed by atoms with Crippen LogP contribution >= 0.6 is 0 Å². The lowest BCUT2D eigenvalue weighted by atomic mass is 10.3. The van der Waals surface area contributed by atoms with Gasteiger partial charge in [0.15, 0.2) is 12.2 Å². The third-order valence-electron chi connectivity index (χ3n) is 5.65. The van der Waals surface area contributed by atoms with Gasteiger partial charge in [0.05, 0.1) is 24.4 Å². The molecule has 0 amide bonds. The molecule has 8 aromatic rings. The van der Waals surface area contributed by atoms with Crippen molar-refractivity contribution in [2.24, 2.45) is 14.1 Å². The second kappa shape index (κ2) is 51.2. The Bertz CT molecular complexity index is 1690. The van der Waals surface area contributed by atoms with Gasteiger partial charge in [0.1, 0.15) is 37.4 Å². The summed E-state index contributed by atoms with van der Waals surface area (Å²) in [6.45, 7) is 11.4. The molecule has 0 radical (unpaired) electrons. The average Bonchev–Trinajstić information content (AvgIpc) is 3.99. The van der Waals surface area contributed by atoms with Gasteiger partial charge in [0.2, 0.25) is 0 Å². The van der Waals surface area contributed by atoms with Crippen LogP contribution in [0.1, 0.15) is 101 Å². The summed E-state index contributed by atoms with van der Waals surface area (Å²) in [5.41, 5.74) is 4.97. The number of rotatable bonds is 0. The van der Waals surface area contributed by atoms with E-state index in [2.05, 4.69) is 59.9 Å². The van der Waals surface area contributed by atoms with Gasteiger partial charge in [-0.3, -0.25) is 14.6 Å². The van der Waals surface area contributed by atoms with E-state index in [0.29, 0.717) is 5.69 Å². The van der Waals surface area contributed by atoms with E-state index >= 15 is 0 Å². The average molecular weight is 879 g/mol. The maximum Gasteiger partial charge on any atom is 0.180 e. The molecule has 0 aliphatic heterocycles. The normalized spacial score (nSPS) is 7.57. The molecule has 8 aromatic heterocycles. The molecule has 0 aliphatic carbocycles. The number of aromatic nitrogens is 14. The molecule has 0 N–H and O–H groups in total. The highest BCUT2D eigenvalue weighted by Crippen LogP contribution is 1.95. The SMILES string of the molecule is C.C.C.C.C.C.C.C.C.Cc1cccnc1.Cc1ccncc1.Cc1ccncn1.Cc1cncnc1.Cc1cnco1.Cc1ncncc1F.Cn1ccnc1.Cn1cncn1. The Morgan fingerprint density at radius 1 is 0.476 bits per heavy atom. The summed E-state index contributed by atoms with van der Waals surface area (Å²) in [5, 5.41) is 3.72. The summed E-state index contributed by atoms with van der Waals surface area (Å²) < 4.78 is 20.4. The van der Waals surface area contributed by atoms with E-state index in [-0.39, 0.29) is 72.7 Å². The second-order valence-electron chi connectivity index (χ2n) is 10.7. The highest BCUT2D eigenvalue weighted by atomic mass is 19.1. The Kier molecular flexibility index (Phi) is 62.3. The standard InChI is InChI=1S/2C6H7N.C5H5FN2.2C5H6N2.C4H6N2.C4H5NO.C3H5N3.9CH4/c1-6-2-4-7-5-3-6;1-6-3-2-4-7-5-6;1-4-5(6)2-7-3-8-4;1-5-2-6-4-7-3-5;1-5-2-3-6-4-7-5;1-6-3-2-5-4-6;1-4-2-5-3-6-4;1-6-3-4-2-5-6;;;;;;;;;/h2*2-5H,1H3;2-3H,1H3;2*2-4H,1H3;2-4H,1H3;2*2-3H,1H3;9*1H4. The van der Waals surface area contributed by atoms with Crippen LogP contribution < -0.4 is 0 Å².